The largest absolute Gasteiger partial charge is 0.506 e. The van der Waals surface area contributed by atoms with Crippen molar-refractivity contribution in [1.29, 1.82) is 0 Å². The van der Waals surface area contributed by atoms with E-state index in [4.69, 9.17) is 0 Å². The summed E-state index contributed by atoms with van der Waals surface area (Å²) in [6.07, 6.45) is 5.38. The van der Waals surface area contributed by atoms with E-state index in [1.54, 1.807) is 0 Å². The van der Waals surface area contributed by atoms with Crippen LogP contribution in [-0.2, 0) is 19.6 Å². The van der Waals surface area contributed by atoms with Crippen molar-refractivity contribution in [2.75, 3.05) is 25.0 Å². The van der Waals surface area contributed by atoms with Crippen molar-refractivity contribution in [2.24, 2.45) is 5.92 Å². The Kier molecular flexibility index (Phi) is 6.37. The number of amides is 4. The van der Waals surface area contributed by atoms with Crippen LogP contribution in [0.3, 0.4) is 0 Å². The van der Waals surface area contributed by atoms with Crippen LogP contribution in [-0.4, -0.2) is 65.7 Å². The molecule has 4 amide bonds. The van der Waals surface area contributed by atoms with Crippen molar-refractivity contribution >= 4 is 33.6 Å². The molecule has 1 saturated carbocycles. The molecule has 1 spiro atoms. The number of hydrogen-bond donors (Lipinski definition) is 3. The molecule has 4 rings (SSSR count). The highest BCUT2D eigenvalue weighted by Gasteiger charge is 2.52. The Bertz CT molecular complexity index is 1060. The SMILES string of the molecule is CCC1CCC2(CC1)NC(=O)N(CC(=O)Nc1cc(S(=O)(=O)N3CCCC3)ccc1O)C2=O. The number of nitrogens with one attached hydrogen (secondary N) is 2. The van der Waals surface area contributed by atoms with Gasteiger partial charge in [0, 0.05) is 13.1 Å². The maximum absolute atomic E-state index is 13.0. The van der Waals surface area contributed by atoms with Gasteiger partial charge in [0.15, 0.2) is 0 Å². The molecule has 2 saturated heterocycles. The number of carbonyl (C=O) groups excluding carboxylic acids is 3. The maximum atomic E-state index is 13.0. The highest BCUT2D eigenvalue weighted by Crippen LogP contribution is 2.37. The first-order valence-corrected chi connectivity index (χ1v) is 12.9. The molecule has 3 aliphatic rings. The van der Waals surface area contributed by atoms with E-state index in [1.807, 2.05) is 0 Å². The summed E-state index contributed by atoms with van der Waals surface area (Å²) in [4.78, 5) is 39.0. The lowest BCUT2D eigenvalue weighted by Crippen LogP contribution is -2.49. The van der Waals surface area contributed by atoms with E-state index in [0.717, 1.165) is 37.0 Å². The van der Waals surface area contributed by atoms with Gasteiger partial charge in [-0.3, -0.25) is 14.5 Å². The second-order valence-corrected chi connectivity index (χ2v) is 11.0. The zero-order chi connectivity index (χ0) is 23.8. The third-order valence-corrected chi connectivity index (χ3v) is 8.92. The number of hydrogen-bond acceptors (Lipinski definition) is 6. The monoisotopic (exact) mass is 478 g/mol. The summed E-state index contributed by atoms with van der Waals surface area (Å²) in [5, 5.41) is 15.4. The molecule has 0 radical (unpaired) electrons. The Balaban J connectivity index is 1.45. The van der Waals surface area contributed by atoms with Gasteiger partial charge in [0.25, 0.3) is 5.91 Å². The topological polar surface area (TPSA) is 136 Å². The average Bonchev–Trinajstić information content (AvgIpc) is 3.41. The number of anilines is 1. The van der Waals surface area contributed by atoms with E-state index in [9.17, 15) is 27.9 Å². The number of rotatable bonds is 6. The first kappa shape index (κ1) is 23.5. The molecule has 2 aliphatic heterocycles. The third kappa shape index (κ3) is 4.43. The number of urea groups is 1. The molecule has 10 nitrogen and oxygen atoms in total. The minimum absolute atomic E-state index is 0.0425. The van der Waals surface area contributed by atoms with Gasteiger partial charge >= 0.3 is 6.03 Å². The summed E-state index contributed by atoms with van der Waals surface area (Å²) in [5.74, 6) is -0.893. The van der Waals surface area contributed by atoms with Gasteiger partial charge in [-0.1, -0.05) is 13.3 Å². The first-order valence-electron chi connectivity index (χ1n) is 11.4. The smallest absolute Gasteiger partial charge is 0.325 e. The van der Waals surface area contributed by atoms with Gasteiger partial charge in [0.2, 0.25) is 15.9 Å². The van der Waals surface area contributed by atoms with E-state index in [1.165, 1.54) is 22.5 Å². The fourth-order valence-corrected chi connectivity index (χ4v) is 6.47. The minimum Gasteiger partial charge on any atom is -0.506 e. The fraction of sp³-hybridized carbons (Fsp3) is 0.591. The molecule has 3 N–H and O–H groups in total. The van der Waals surface area contributed by atoms with Gasteiger partial charge in [-0.15, -0.1) is 0 Å². The minimum atomic E-state index is -3.74. The van der Waals surface area contributed by atoms with E-state index in [0.29, 0.717) is 31.8 Å². The molecule has 1 aromatic rings. The predicted octanol–water partition coefficient (Wildman–Crippen LogP) is 2.01. The quantitative estimate of drug-likeness (QED) is 0.423. The van der Waals surface area contributed by atoms with Crippen LogP contribution in [0, 0.1) is 5.92 Å². The normalized spacial score (nSPS) is 26.1. The van der Waals surface area contributed by atoms with Crippen molar-refractivity contribution < 1.29 is 27.9 Å². The lowest BCUT2D eigenvalue weighted by molar-refractivity contribution is -0.135. The van der Waals surface area contributed by atoms with Crippen LogP contribution < -0.4 is 10.6 Å². The summed E-state index contributed by atoms with van der Waals surface area (Å²) in [6.45, 7) is 2.44. The van der Waals surface area contributed by atoms with Crippen LogP contribution in [0.2, 0.25) is 0 Å². The van der Waals surface area contributed by atoms with E-state index < -0.39 is 40.0 Å². The van der Waals surface area contributed by atoms with Crippen LogP contribution in [0.25, 0.3) is 0 Å². The van der Waals surface area contributed by atoms with Gasteiger partial charge in [-0.2, -0.15) is 4.31 Å². The van der Waals surface area contributed by atoms with Crippen LogP contribution >= 0.6 is 0 Å². The lowest BCUT2D eigenvalue weighted by atomic mass is 9.75. The first-order chi connectivity index (χ1) is 15.7. The summed E-state index contributed by atoms with van der Waals surface area (Å²) in [5.41, 5.74) is -1.04. The van der Waals surface area contributed by atoms with E-state index in [-0.39, 0.29) is 16.3 Å². The summed E-state index contributed by atoms with van der Waals surface area (Å²) < 4.78 is 26.9. The summed E-state index contributed by atoms with van der Waals surface area (Å²) >= 11 is 0. The zero-order valence-electron chi connectivity index (χ0n) is 18.7. The van der Waals surface area contributed by atoms with Gasteiger partial charge < -0.3 is 15.7 Å². The molecular formula is C22H30N4O6S. The molecule has 11 heteroatoms. The molecule has 180 valence electrons. The summed E-state index contributed by atoms with van der Waals surface area (Å²) in [6, 6.07) is 3.07. The molecule has 33 heavy (non-hydrogen) atoms. The Morgan fingerprint density at radius 3 is 2.52 bits per heavy atom. The number of phenols is 1. The maximum Gasteiger partial charge on any atom is 0.325 e. The molecule has 0 aromatic heterocycles. The zero-order valence-corrected chi connectivity index (χ0v) is 19.5. The number of phenolic OH excluding ortho intramolecular Hbond substituents is 1. The Labute approximate surface area is 193 Å². The van der Waals surface area contributed by atoms with Crippen molar-refractivity contribution in [2.45, 2.75) is 62.3 Å². The van der Waals surface area contributed by atoms with E-state index >= 15 is 0 Å². The highest BCUT2D eigenvalue weighted by molar-refractivity contribution is 7.89. The fourth-order valence-electron chi connectivity index (χ4n) is 4.92. The second kappa shape index (κ2) is 8.94. The highest BCUT2D eigenvalue weighted by atomic mass is 32.2. The van der Waals surface area contributed by atoms with Gasteiger partial charge in [-0.05, 0) is 62.6 Å². The van der Waals surface area contributed by atoms with E-state index in [2.05, 4.69) is 17.6 Å². The molecule has 1 aromatic carbocycles. The van der Waals surface area contributed by atoms with Gasteiger partial charge in [0.05, 0.1) is 10.6 Å². The van der Waals surface area contributed by atoms with Crippen molar-refractivity contribution in [3.05, 3.63) is 18.2 Å². The number of benzene rings is 1. The molecule has 0 unspecified atom stereocenters. The van der Waals surface area contributed by atoms with Crippen LogP contribution in [0.1, 0.15) is 51.9 Å². The Morgan fingerprint density at radius 1 is 1.21 bits per heavy atom. The number of sulfonamides is 1. The third-order valence-electron chi connectivity index (χ3n) is 7.03. The summed E-state index contributed by atoms with van der Waals surface area (Å²) in [7, 11) is -3.74. The molecular weight excluding hydrogens is 448 g/mol. The molecule has 2 heterocycles. The number of imide groups is 1. The molecule has 0 atom stereocenters. The number of aromatic hydroxyl groups is 1. The van der Waals surface area contributed by atoms with Crippen LogP contribution in [0.15, 0.2) is 23.1 Å². The van der Waals surface area contributed by atoms with Gasteiger partial charge in [0.1, 0.15) is 17.8 Å². The molecule has 1 aliphatic carbocycles. The van der Waals surface area contributed by atoms with Crippen LogP contribution in [0.4, 0.5) is 10.5 Å². The van der Waals surface area contributed by atoms with Crippen LogP contribution in [0.5, 0.6) is 5.75 Å². The molecule has 3 fully saturated rings. The molecule has 0 bridgehead atoms. The van der Waals surface area contributed by atoms with Gasteiger partial charge in [-0.25, -0.2) is 13.2 Å². The van der Waals surface area contributed by atoms with Crippen molar-refractivity contribution in [1.82, 2.24) is 14.5 Å². The van der Waals surface area contributed by atoms with Crippen molar-refractivity contribution in [3.63, 3.8) is 0 Å². The Morgan fingerprint density at radius 2 is 1.88 bits per heavy atom. The average molecular weight is 479 g/mol. The lowest BCUT2D eigenvalue weighted by Gasteiger charge is -2.34. The number of carbonyl (C=O) groups is 3. The standard InChI is InChI=1S/C22H30N4O6S/c1-2-15-7-9-22(10-8-15)20(29)26(21(30)24-22)14-19(28)23-17-13-16(5-6-18(17)27)33(31,32)25-11-3-4-12-25/h5-6,13,15,27H,2-4,7-12,14H2,1H3,(H,23,28)(H,24,30). The predicted molar refractivity (Wildman–Crippen MR) is 120 cm³/mol. The van der Waals surface area contributed by atoms with Crippen molar-refractivity contribution in [3.8, 4) is 5.75 Å². The Hall–Kier alpha value is -2.66. The second-order valence-electron chi connectivity index (χ2n) is 9.09. The number of nitrogens with zero attached hydrogens (tertiary/aromatic N) is 2.